The zero-order chi connectivity index (χ0) is 12.0. The molecule has 6 heteroatoms. The van der Waals surface area contributed by atoms with E-state index < -0.39 is 30.3 Å². The first kappa shape index (κ1) is 13.4. The second-order valence-corrected chi connectivity index (χ2v) is 3.65. The molecule has 15 heavy (non-hydrogen) atoms. The van der Waals surface area contributed by atoms with Crippen LogP contribution in [-0.2, 0) is 14.4 Å². The molecule has 0 radical (unpaired) electrons. The summed E-state index contributed by atoms with van der Waals surface area (Å²) in [5, 5.41) is 19.2. The second-order valence-electron chi connectivity index (χ2n) is 3.65. The number of carbonyl (C=O) groups excluding carboxylic acids is 1. The maximum absolute atomic E-state index is 11.2. The molecule has 0 rings (SSSR count). The predicted octanol–water partition coefficient (Wildman–Crippen LogP) is 0.0766. The Balaban J connectivity index is 4.22. The van der Waals surface area contributed by atoms with E-state index in [1.165, 1.54) is 0 Å². The fourth-order valence-corrected chi connectivity index (χ4v) is 0.999. The highest BCUT2D eigenvalue weighted by Gasteiger charge is 2.22. The van der Waals surface area contributed by atoms with Crippen LogP contribution < -0.4 is 5.32 Å². The molecule has 0 aliphatic carbocycles. The summed E-state index contributed by atoms with van der Waals surface area (Å²) in [5.41, 5.74) is 0. The Kier molecular flexibility index (Phi) is 5.36. The summed E-state index contributed by atoms with van der Waals surface area (Å²) in [6, 6.07) is -1.35. The Bertz CT molecular complexity index is 261. The third kappa shape index (κ3) is 6.48. The van der Waals surface area contributed by atoms with Gasteiger partial charge in [-0.05, 0) is 5.92 Å². The molecule has 1 unspecified atom stereocenters. The average molecular weight is 217 g/mol. The van der Waals surface area contributed by atoms with Crippen LogP contribution in [0.1, 0.15) is 26.7 Å². The number of carbonyl (C=O) groups is 3. The molecule has 0 aromatic rings. The van der Waals surface area contributed by atoms with E-state index >= 15 is 0 Å². The molecule has 0 aromatic heterocycles. The van der Waals surface area contributed by atoms with Crippen molar-refractivity contribution in [2.75, 3.05) is 0 Å². The minimum atomic E-state index is -1.35. The first-order chi connectivity index (χ1) is 6.82. The van der Waals surface area contributed by atoms with Gasteiger partial charge in [0.2, 0.25) is 5.91 Å². The van der Waals surface area contributed by atoms with Crippen LogP contribution in [0.15, 0.2) is 0 Å². The Morgan fingerprint density at radius 3 is 2.00 bits per heavy atom. The molecule has 0 aliphatic heterocycles. The SMILES string of the molecule is CC(C)CC(=O)NC(CC(=O)O)C(=O)O. The molecule has 0 saturated heterocycles. The van der Waals surface area contributed by atoms with E-state index in [2.05, 4.69) is 5.32 Å². The number of nitrogens with one attached hydrogen (secondary N) is 1. The lowest BCUT2D eigenvalue weighted by Gasteiger charge is -2.13. The summed E-state index contributed by atoms with van der Waals surface area (Å²) in [4.78, 5) is 32.1. The molecule has 0 bridgehead atoms. The topological polar surface area (TPSA) is 104 Å². The minimum absolute atomic E-state index is 0.101. The van der Waals surface area contributed by atoms with Gasteiger partial charge in [-0.2, -0.15) is 0 Å². The zero-order valence-electron chi connectivity index (χ0n) is 8.69. The van der Waals surface area contributed by atoms with Gasteiger partial charge in [0.25, 0.3) is 0 Å². The van der Waals surface area contributed by atoms with Crippen LogP contribution in [0, 0.1) is 5.92 Å². The van der Waals surface area contributed by atoms with Crippen molar-refractivity contribution < 1.29 is 24.6 Å². The molecule has 0 aliphatic rings. The van der Waals surface area contributed by atoms with Gasteiger partial charge in [-0.3, -0.25) is 9.59 Å². The Morgan fingerprint density at radius 2 is 1.67 bits per heavy atom. The van der Waals surface area contributed by atoms with Crippen molar-refractivity contribution in [3.63, 3.8) is 0 Å². The van der Waals surface area contributed by atoms with Crippen molar-refractivity contribution in [3.8, 4) is 0 Å². The van der Waals surface area contributed by atoms with Crippen LogP contribution in [0.4, 0.5) is 0 Å². The summed E-state index contributed by atoms with van der Waals surface area (Å²) >= 11 is 0. The number of aliphatic carboxylic acids is 2. The van der Waals surface area contributed by atoms with E-state index in [9.17, 15) is 14.4 Å². The van der Waals surface area contributed by atoms with Gasteiger partial charge < -0.3 is 15.5 Å². The van der Waals surface area contributed by atoms with E-state index in [1.807, 2.05) is 13.8 Å². The van der Waals surface area contributed by atoms with Crippen LogP contribution in [0.2, 0.25) is 0 Å². The number of carboxylic acid groups (broad SMARTS) is 2. The number of rotatable bonds is 6. The van der Waals surface area contributed by atoms with Gasteiger partial charge in [-0.15, -0.1) is 0 Å². The second kappa shape index (κ2) is 6.00. The summed E-state index contributed by atoms with van der Waals surface area (Å²) in [6.07, 6.45) is -0.428. The lowest BCUT2D eigenvalue weighted by molar-refractivity contribution is -0.147. The molecule has 6 nitrogen and oxygen atoms in total. The zero-order valence-corrected chi connectivity index (χ0v) is 8.69. The summed E-state index contributed by atoms with van der Waals surface area (Å²) in [6.45, 7) is 3.62. The Morgan fingerprint density at radius 1 is 1.13 bits per heavy atom. The summed E-state index contributed by atoms with van der Waals surface area (Å²) < 4.78 is 0. The molecule has 3 N–H and O–H groups in total. The third-order valence-electron chi connectivity index (χ3n) is 1.61. The quantitative estimate of drug-likeness (QED) is 0.584. The largest absolute Gasteiger partial charge is 0.481 e. The lowest BCUT2D eigenvalue weighted by Crippen LogP contribution is -2.42. The van der Waals surface area contributed by atoms with Crippen molar-refractivity contribution in [1.82, 2.24) is 5.32 Å². The van der Waals surface area contributed by atoms with Crippen LogP contribution in [0.25, 0.3) is 0 Å². The van der Waals surface area contributed by atoms with E-state index in [0.29, 0.717) is 0 Å². The first-order valence-electron chi connectivity index (χ1n) is 4.57. The minimum Gasteiger partial charge on any atom is -0.481 e. The van der Waals surface area contributed by atoms with Crippen LogP contribution in [0.5, 0.6) is 0 Å². The molecule has 0 fully saturated rings. The molecule has 86 valence electrons. The maximum atomic E-state index is 11.2. The highest BCUT2D eigenvalue weighted by molar-refractivity contribution is 5.86. The van der Waals surface area contributed by atoms with Gasteiger partial charge in [-0.1, -0.05) is 13.8 Å². The molecule has 1 atom stereocenters. The van der Waals surface area contributed by atoms with Crippen molar-refractivity contribution in [1.29, 1.82) is 0 Å². The highest BCUT2D eigenvalue weighted by atomic mass is 16.4. The van der Waals surface area contributed by atoms with Crippen LogP contribution >= 0.6 is 0 Å². The van der Waals surface area contributed by atoms with Gasteiger partial charge in [0.15, 0.2) is 0 Å². The van der Waals surface area contributed by atoms with Gasteiger partial charge >= 0.3 is 11.9 Å². The Labute approximate surface area is 87.3 Å². The summed E-state index contributed by atoms with van der Waals surface area (Å²) in [7, 11) is 0. The van der Waals surface area contributed by atoms with E-state index in [1.54, 1.807) is 0 Å². The molecule has 0 saturated carbocycles. The number of hydrogen-bond donors (Lipinski definition) is 3. The van der Waals surface area contributed by atoms with Gasteiger partial charge in [0.1, 0.15) is 6.04 Å². The van der Waals surface area contributed by atoms with Gasteiger partial charge in [-0.25, -0.2) is 4.79 Å². The van der Waals surface area contributed by atoms with Crippen molar-refractivity contribution in [2.24, 2.45) is 5.92 Å². The van der Waals surface area contributed by atoms with Crippen LogP contribution in [-0.4, -0.2) is 34.1 Å². The predicted molar refractivity (Wildman–Crippen MR) is 51.3 cm³/mol. The first-order valence-corrected chi connectivity index (χ1v) is 4.57. The van der Waals surface area contributed by atoms with Crippen molar-refractivity contribution in [2.45, 2.75) is 32.7 Å². The average Bonchev–Trinajstić information content (AvgIpc) is 1.99. The van der Waals surface area contributed by atoms with Gasteiger partial charge in [0, 0.05) is 6.42 Å². The van der Waals surface area contributed by atoms with Crippen LogP contribution in [0.3, 0.4) is 0 Å². The monoisotopic (exact) mass is 217 g/mol. The highest BCUT2D eigenvalue weighted by Crippen LogP contribution is 2.00. The molecular formula is C9H15NO5. The summed E-state index contributed by atoms with van der Waals surface area (Å²) in [5.74, 6) is -2.94. The molecule has 1 amide bonds. The number of hydrogen-bond acceptors (Lipinski definition) is 3. The fourth-order valence-electron chi connectivity index (χ4n) is 0.999. The number of amides is 1. The Hall–Kier alpha value is -1.59. The lowest BCUT2D eigenvalue weighted by atomic mass is 10.1. The van der Waals surface area contributed by atoms with Gasteiger partial charge in [0.05, 0.1) is 6.42 Å². The molecular weight excluding hydrogens is 202 g/mol. The van der Waals surface area contributed by atoms with E-state index in [4.69, 9.17) is 10.2 Å². The molecule has 0 spiro atoms. The van der Waals surface area contributed by atoms with Crippen molar-refractivity contribution in [3.05, 3.63) is 0 Å². The maximum Gasteiger partial charge on any atom is 0.326 e. The smallest absolute Gasteiger partial charge is 0.326 e. The van der Waals surface area contributed by atoms with Crippen molar-refractivity contribution >= 4 is 17.8 Å². The fraction of sp³-hybridized carbons (Fsp3) is 0.667. The number of carboxylic acids is 2. The normalized spacial score (nSPS) is 12.2. The van der Waals surface area contributed by atoms with E-state index in [-0.39, 0.29) is 12.3 Å². The van der Waals surface area contributed by atoms with E-state index in [0.717, 1.165) is 0 Å². The molecule has 0 heterocycles. The third-order valence-corrected chi connectivity index (χ3v) is 1.61. The standard InChI is InChI=1S/C9H15NO5/c1-5(2)3-7(11)10-6(9(14)15)4-8(12)13/h5-6H,3-4H2,1-2H3,(H,10,11)(H,12,13)(H,14,15). The molecule has 0 aromatic carbocycles.